The third kappa shape index (κ3) is 2.98. The molecule has 0 saturated heterocycles. The van der Waals surface area contributed by atoms with E-state index in [0.717, 1.165) is 32.1 Å². The van der Waals surface area contributed by atoms with Crippen LogP contribution in [0, 0.1) is 0 Å². The Morgan fingerprint density at radius 1 is 1.26 bits per heavy atom. The molecular formula is C13H19ClN2O2S. The zero-order valence-electron chi connectivity index (χ0n) is 11.0. The summed E-state index contributed by atoms with van der Waals surface area (Å²) in [6.45, 7) is 0. The van der Waals surface area contributed by atoms with Crippen molar-refractivity contribution in [1.29, 1.82) is 0 Å². The second-order valence-corrected chi connectivity index (χ2v) is 7.66. The number of rotatable bonds is 3. The largest absolute Gasteiger partial charge is 0.397 e. The Morgan fingerprint density at radius 2 is 1.89 bits per heavy atom. The Kier molecular flexibility index (Phi) is 4.26. The lowest BCUT2D eigenvalue weighted by Crippen LogP contribution is -2.37. The highest BCUT2D eigenvalue weighted by Gasteiger charge is 2.31. The molecule has 2 N–H and O–H groups in total. The van der Waals surface area contributed by atoms with E-state index in [1.165, 1.54) is 4.31 Å². The number of nitrogens with two attached hydrogens (primary N) is 1. The first-order valence-corrected chi connectivity index (χ1v) is 8.34. The van der Waals surface area contributed by atoms with Crippen molar-refractivity contribution in [2.24, 2.45) is 0 Å². The van der Waals surface area contributed by atoms with E-state index in [4.69, 9.17) is 17.3 Å². The standard InChI is InChI=1S/C13H19ClN2O2S/c1-16(13-9-10(14)7-8-12(13)15)19(17,18)11-5-3-2-4-6-11/h7-9,11H,2-6,15H2,1H3. The maximum atomic E-state index is 12.6. The number of hydrogen-bond donors (Lipinski definition) is 1. The summed E-state index contributed by atoms with van der Waals surface area (Å²) in [5, 5.41) is 0.180. The minimum atomic E-state index is -3.36. The van der Waals surface area contributed by atoms with E-state index in [1.54, 1.807) is 25.2 Å². The van der Waals surface area contributed by atoms with E-state index < -0.39 is 10.0 Å². The fraction of sp³-hybridized carbons (Fsp3) is 0.538. The number of sulfonamides is 1. The molecule has 0 atom stereocenters. The van der Waals surface area contributed by atoms with Crippen molar-refractivity contribution in [3.63, 3.8) is 0 Å². The van der Waals surface area contributed by atoms with Crippen molar-refractivity contribution in [2.45, 2.75) is 37.4 Å². The number of nitrogen functional groups attached to an aromatic ring is 1. The lowest BCUT2D eigenvalue weighted by molar-refractivity contribution is 0.483. The van der Waals surface area contributed by atoms with Gasteiger partial charge in [0.25, 0.3) is 0 Å². The van der Waals surface area contributed by atoms with Crippen LogP contribution in [0.3, 0.4) is 0 Å². The van der Waals surface area contributed by atoms with Gasteiger partial charge in [-0.2, -0.15) is 0 Å². The van der Waals surface area contributed by atoms with Gasteiger partial charge >= 0.3 is 0 Å². The topological polar surface area (TPSA) is 63.4 Å². The molecule has 1 aromatic rings. The van der Waals surface area contributed by atoms with Crippen molar-refractivity contribution in [1.82, 2.24) is 0 Å². The molecule has 2 rings (SSSR count). The molecule has 6 heteroatoms. The zero-order valence-corrected chi connectivity index (χ0v) is 12.5. The smallest absolute Gasteiger partial charge is 0.237 e. The van der Waals surface area contributed by atoms with Crippen LogP contribution in [0.25, 0.3) is 0 Å². The van der Waals surface area contributed by atoms with E-state index in [-0.39, 0.29) is 5.25 Å². The highest BCUT2D eigenvalue weighted by Crippen LogP contribution is 2.32. The van der Waals surface area contributed by atoms with E-state index in [9.17, 15) is 8.42 Å². The molecule has 1 saturated carbocycles. The molecular weight excluding hydrogens is 284 g/mol. The van der Waals surface area contributed by atoms with Crippen LogP contribution in [0.5, 0.6) is 0 Å². The van der Waals surface area contributed by atoms with Gasteiger partial charge in [-0.05, 0) is 31.0 Å². The number of hydrogen-bond acceptors (Lipinski definition) is 3. The molecule has 1 fully saturated rings. The van der Waals surface area contributed by atoms with Crippen molar-refractivity contribution in [3.05, 3.63) is 23.2 Å². The summed E-state index contributed by atoms with van der Waals surface area (Å²) in [6, 6.07) is 4.88. The number of halogens is 1. The van der Waals surface area contributed by atoms with Gasteiger partial charge in [0.2, 0.25) is 10.0 Å². The third-order valence-electron chi connectivity index (χ3n) is 3.69. The first-order valence-electron chi connectivity index (χ1n) is 6.45. The minimum absolute atomic E-state index is 0.301. The molecule has 0 amide bonds. The average Bonchev–Trinajstić information content (AvgIpc) is 2.41. The van der Waals surface area contributed by atoms with Gasteiger partial charge in [0.05, 0.1) is 16.6 Å². The fourth-order valence-electron chi connectivity index (χ4n) is 2.51. The Morgan fingerprint density at radius 3 is 2.53 bits per heavy atom. The molecule has 1 aromatic carbocycles. The highest BCUT2D eigenvalue weighted by atomic mass is 35.5. The second kappa shape index (κ2) is 5.59. The van der Waals surface area contributed by atoms with Crippen molar-refractivity contribution < 1.29 is 8.42 Å². The summed E-state index contributed by atoms with van der Waals surface area (Å²) >= 11 is 5.92. The quantitative estimate of drug-likeness (QED) is 0.873. The van der Waals surface area contributed by atoms with Crippen LogP contribution in [-0.2, 0) is 10.0 Å². The Labute approximate surface area is 119 Å². The zero-order chi connectivity index (χ0) is 14.0. The monoisotopic (exact) mass is 302 g/mol. The van der Waals surface area contributed by atoms with Crippen LogP contribution in [-0.4, -0.2) is 20.7 Å². The van der Waals surface area contributed by atoms with Crippen LogP contribution in [0.1, 0.15) is 32.1 Å². The predicted octanol–water partition coefficient (Wildman–Crippen LogP) is 3.02. The molecule has 0 aliphatic heterocycles. The summed E-state index contributed by atoms with van der Waals surface area (Å²) in [5.74, 6) is 0. The summed E-state index contributed by atoms with van der Waals surface area (Å²) in [4.78, 5) is 0. The maximum Gasteiger partial charge on any atom is 0.237 e. The van der Waals surface area contributed by atoms with Gasteiger partial charge in [0.15, 0.2) is 0 Å². The van der Waals surface area contributed by atoms with Gasteiger partial charge in [-0.25, -0.2) is 8.42 Å². The molecule has 0 heterocycles. The SMILES string of the molecule is CN(c1cc(Cl)ccc1N)S(=O)(=O)C1CCCCC1. The molecule has 0 aromatic heterocycles. The summed E-state index contributed by atoms with van der Waals surface area (Å²) in [5.41, 5.74) is 6.73. The Balaban J connectivity index is 2.31. The first kappa shape index (κ1) is 14.5. The molecule has 19 heavy (non-hydrogen) atoms. The highest BCUT2D eigenvalue weighted by molar-refractivity contribution is 7.93. The van der Waals surface area contributed by atoms with Crippen LogP contribution in [0.15, 0.2) is 18.2 Å². The Hall–Kier alpha value is -0.940. The van der Waals surface area contributed by atoms with Gasteiger partial charge in [-0.3, -0.25) is 4.31 Å². The third-order valence-corrected chi connectivity index (χ3v) is 6.20. The van der Waals surface area contributed by atoms with E-state index in [0.29, 0.717) is 16.4 Å². The number of nitrogens with zero attached hydrogens (tertiary/aromatic N) is 1. The van der Waals surface area contributed by atoms with Crippen LogP contribution >= 0.6 is 11.6 Å². The maximum absolute atomic E-state index is 12.6. The summed E-state index contributed by atoms with van der Waals surface area (Å²) in [7, 11) is -1.81. The van der Waals surface area contributed by atoms with Crippen LogP contribution in [0.2, 0.25) is 5.02 Å². The van der Waals surface area contributed by atoms with Gasteiger partial charge in [0, 0.05) is 12.1 Å². The summed E-state index contributed by atoms with van der Waals surface area (Å²) in [6.07, 6.45) is 4.53. The molecule has 0 unspecified atom stereocenters. The van der Waals surface area contributed by atoms with Crippen molar-refractivity contribution >= 4 is 33.0 Å². The molecule has 4 nitrogen and oxygen atoms in total. The van der Waals surface area contributed by atoms with Crippen LogP contribution in [0.4, 0.5) is 11.4 Å². The van der Waals surface area contributed by atoms with Gasteiger partial charge in [-0.1, -0.05) is 30.9 Å². The molecule has 0 spiro atoms. The van der Waals surface area contributed by atoms with Crippen molar-refractivity contribution in [2.75, 3.05) is 17.1 Å². The Bertz CT molecular complexity index is 554. The lowest BCUT2D eigenvalue weighted by atomic mass is 10.0. The van der Waals surface area contributed by atoms with Gasteiger partial charge < -0.3 is 5.73 Å². The van der Waals surface area contributed by atoms with Crippen LogP contribution < -0.4 is 10.0 Å². The molecule has 1 aliphatic carbocycles. The predicted molar refractivity (Wildman–Crippen MR) is 80.1 cm³/mol. The first-order chi connectivity index (χ1) is 8.93. The summed E-state index contributed by atoms with van der Waals surface area (Å²) < 4.78 is 26.4. The second-order valence-electron chi connectivity index (χ2n) is 4.98. The molecule has 0 radical (unpaired) electrons. The fourth-order valence-corrected chi connectivity index (χ4v) is 4.49. The van der Waals surface area contributed by atoms with E-state index in [1.807, 2.05) is 0 Å². The minimum Gasteiger partial charge on any atom is -0.397 e. The van der Waals surface area contributed by atoms with E-state index >= 15 is 0 Å². The number of anilines is 2. The van der Waals surface area contributed by atoms with E-state index in [2.05, 4.69) is 0 Å². The number of benzene rings is 1. The van der Waals surface area contributed by atoms with Gasteiger partial charge in [0.1, 0.15) is 0 Å². The average molecular weight is 303 g/mol. The van der Waals surface area contributed by atoms with Gasteiger partial charge in [-0.15, -0.1) is 0 Å². The normalized spacial score (nSPS) is 17.4. The molecule has 1 aliphatic rings. The van der Waals surface area contributed by atoms with Crippen molar-refractivity contribution in [3.8, 4) is 0 Å². The molecule has 0 bridgehead atoms. The lowest BCUT2D eigenvalue weighted by Gasteiger charge is -2.29. The molecule has 106 valence electrons.